The summed E-state index contributed by atoms with van der Waals surface area (Å²) in [4.78, 5) is 0. The smallest absolute Gasteiger partial charge is 0.00903 e. The van der Waals surface area contributed by atoms with Crippen LogP contribution in [-0.2, 0) is 0 Å². The van der Waals surface area contributed by atoms with Gasteiger partial charge < -0.3 is 0 Å². The molecule has 0 N–H and O–H groups in total. The lowest BCUT2D eigenvalue weighted by Gasteiger charge is -2.10. The van der Waals surface area contributed by atoms with Gasteiger partial charge in [-0.25, -0.2) is 0 Å². The van der Waals surface area contributed by atoms with Crippen LogP contribution in [0.15, 0.2) is 12.1 Å². The largest absolute Gasteiger partial charge is 0.0654 e. The zero-order valence-corrected chi connectivity index (χ0v) is 12.0. The topological polar surface area (TPSA) is 0 Å². The molecule has 0 aliphatic rings. The molecule has 1 aromatic rings. The molecule has 0 fully saturated rings. The van der Waals surface area contributed by atoms with E-state index in [0.717, 1.165) is 0 Å². The Morgan fingerprint density at radius 2 is 1.59 bits per heavy atom. The van der Waals surface area contributed by atoms with Crippen LogP contribution in [-0.4, -0.2) is 0 Å². The van der Waals surface area contributed by atoms with Gasteiger partial charge in [-0.05, 0) is 55.9 Å². The highest BCUT2D eigenvalue weighted by Crippen LogP contribution is 2.20. The lowest BCUT2D eigenvalue weighted by atomic mass is 9.95. The Balaban J connectivity index is 2.35. The molecule has 0 unspecified atom stereocenters. The lowest BCUT2D eigenvalue weighted by molar-refractivity contribution is 0.631. The predicted octanol–water partition coefficient (Wildman–Crippen LogP) is 5.52. The number of aryl methyl sites for hydroxylation is 1. The summed E-state index contributed by atoms with van der Waals surface area (Å²) in [6.45, 7) is 8.93. The van der Waals surface area contributed by atoms with Gasteiger partial charge in [0.1, 0.15) is 0 Å². The van der Waals surface area contributed by atoms with Crippen molar-refractivity contribution in [3.63, 3.8) is 0 Å². The van der Waals surface area contributed by atoms with Gasteiger partial charge in [0.15, 0.2) is 0 Å². The maximum atomic E-state index is 2.41. The molecule has 0 nitrogen and oxygen atoms in total. The van der Waals surface area contributed by atoms with E-state index in [1.165, 1.54) is 60.8 Å². The second-order valence-electron chi connectivity index (χ2n) is 5.13. The summed E-state index contributed by atoms with van der Waals surface area (Å²) in [5.41, 5.74) is 5.74. The van der Waals surface area contributed by atoms with E-state index in [2.05, 4.69) is 46.2 Å². The third kappa shape index (κ3) is 4.53. The summed E-state index contributed by atoms with van der Waals surface area (Å²) >= 11 is 0. The zero-order chi connectivity index (χ0) is 12.7. The molecule has 17 heavy (non-hydrogen) atoms. The van der Waals surface area contributed by atoms with Gasteiger partial charge in [-0.2, -0.15) is 0 Å². The third-order valence-electron chi connectivity index (χ3n) is 3.77. The van der Waals surface area contributed by atoms with Crippen LogP contribution in [0.5, 0.6) is 0 Å². The zero-order valence-electron chi connectivity index (χ0n) is 12.0. The van der Waals surface area contributed by atoms with E-state index in [-0.39, 0.29) is 0 Å². The highest BCUT2D eigenvalue weighted by Gasteiger charge is 2.03. The van der Waals surface area contributed by atoms with Gasteiger partial charge in [0.2, 0.25) is 0 Å². The van der Waals surface area contributed by atoms with Crippen molar-refractivity contribution >= 4 is 0 Å². The fourth-order valence-electron chi connectivity index (χ4n) is 2.20. The number of hydrogen-bond donors (Lipinski definition) is 0. The highest BCUT2D eigenvalue weighted by atomic mass is 14.1. The molecule has 0 saturated heterocycles. The van der Waals surface area contributed by atoms with E-state index >= 15 is 0 Å². The molecular weight excluding hydrogens is 204 g/mol. The third-order valence-corrected chi connectivity index (χ3v) is 3.77. The van der Waals surface area contributed by atoms with Crippen molar-refractivity contribution in [2.75, 3.05) is 0 Å². The summed E-state index contributed by atoms with van der Waals surface area (Å²) in [6.07, 6.45) is 10.5. The van der Waals surface area contributed by atoms with Crippen molar-refractivity contribution in [3.05, 3.63) is 40.8 Å². The van der Waals surface area contributed by atoms with Gasteiger partial charge in [-0.1, -0.05) is 51.2 Å². The summed E-state index contributed by atoms with van der Waals surface area (Å²) in [6, 6.07) is 4.51. The van der Waals surface area contributed by atoms with Crippen LogP contribution in [0.4, 0.5) is 0 Å². The Morgan fingerprint density at radius 1 is 0.882 bits per heavy atom. The van der Waals surface area contributed by atoms with Crippen molar-refractivity contribution in [3.8, 4) is 0 Å². The van der Waals surface area contributed by atoms with Crippen LogP contribution in [0.25, 0.3) is 0 Å². The molecule has 0 heterocycles. The van der Waals surface area contributed by atoms with E-state index in [9.17, 15) is 0 Å². The van der Waals surface area contributed by atoms with Crippen molar-refractivity contribution in [2.24, 2.45) is 0 Å². The van der Waals surface area contributed by atoms with E-state index in [0.29, 0.717) is 0 Å². The standard InChI is InChI=1S/C17H27/c1-5-6-7-8-9-10-11-17-13-12-14(2)15(3)16(17)4/h11-13H,5-10H2,1-4H3. The Hall–Kier alpha value is -0.780. The normalized spacial score (nSPS) is 10.8. The van der Waals surface area contributed by atoms with E-state index in [1.54, 1.807) is 0 Å². The number of hydrogen-bond acceptors (Lipinski definition) is 0. The van der Waals surface area contributed by atoms with Crippen molar-refractivity contribution in [2.45, 2.75) is 66.2 Å². The average Bonchev–Trinajstić information content (AvgIpc) is 2.33. The quantitative estimate of drug-likeness (QED) is 0.542. The van der Waals surface area contributed by atoms with Crippen molar-refractivity contribution < 1.29 is 0 Å². The summed E-state index contributed by atoms with van der Waals surface area (Å²) < 4.78 is 0. The highest BCUT2D eigenvalue weighted by molar-refractivity contribution is 5.41. The molecule has 0 aliphatic heterocycles. The van der Waals surface area contributed by atoms with Gasteiger partial charge in [-0.3, -0.25) is 0 Å². The van der Waals surface area contributed by atoms with E-state index in [1.807, 2.05) is 0 Å². The monoisotopic (exact) mass is 231 g/mol. The predicted molar refractivity (Wildman–Crippen MR) is 77.4 cm³/mol. The van der Waals surface area contributed by atoms with Crippen molar-refractivity contribution in [1.82, 2.24) is 0 Å². The first kappa shape index (κ1) is 14.3. The average molecular weight is 231 g/mol. The second kappa shape index (κ2) is 7.53. The van der Waals surface area contributed by atoms with Gasteiger partial charge in [-0.15, -0.1) is 0 Å². The Kier molecular flexibility index (Phi) is 6.32. The van der Waals surface area contributed by atoms with Gasteiger partial charge in [0.25, 0.3) is 0 Å². The van der Waals surface area contributed by atoms with E-state index < -0.39 is 0 Å². The second-order valence-corrected chi connectivity index (χ2v) is 5.13. The summed E-state index contributed by atoms with van der Waals surface area (Å²) in [5.74, 6) is 0. The minimum atomic E-state index is 1.23. The molecular formula is C17H27. The van der Waals surface area contributed by atoms with Crippen LogP contribution in [0.1, 0.15) is 67.7 Å². The Morgan fingerprint density at radius 3 is 2.29 bits per heavy atom. The molecule has 1 aromatic carbocycles. The minimum absolute atomic E-state index is 1.23. The number of unbranched alkanes of at least 4 members (excludes halogenated alkanes) is 5. The fraction of sp³-hybridized carbons (Fsp3) is 0.588. The first-order valence-electron chi connectivity index (χ1n) is 7.06. The maximum absolute atomic E-state index is 2.41. The Bertz CT molecular complexity index is 336. The molecule has 0 amide bonds. The number of benzene rings is 1. The van der Waals surface area contributed by atoms with Gasteiger partial charge in [0, 0.05) is 0 Å². The van der Waals surface area contributed by atoms with Crippen LogP contribution >= 0.6 is 0 Å². The summed E-state index contributed by atoms with van der Waals surface area (Å²) in [7, 11) is 0. The molecule has 0 heteroatoms. The molecule has 0 aliphatic carbocycles. The van der Waals surface area contributed by atoms with Crippen LogP contribution < -0.4 is 0 Å². The molecule has 1 radical (unpaired) electrons. The Labute approximate surface area is 107 Å². The summed E-state index contributed by atoms with van der Waals surface area (Å²) in [5, 5.41) is 0. The van der Waals surface area contributed by atoms with Crippen LogP contribution in [0.2, 0.25) is 0 Å². The molecule has 95 valence electrons. The molecule has 0 bridgehead atoms. The lowest BCUT2D eigenvalue weighted by Crippen LogP contribution is -1.93. The molecule has 0 saturated carbocycles. The minimum Gasteiger partial charge on any atom is -0.0654 e. The fourth-order valence-corrected chi connectivity index (χ4v) is 2.20. The molecule has 0 atom stereocenters. The van der Waals surface area contributed by atoms with Crippen LogP contribution in [0.3, 0.4) is 0 Å². The van der Waals surface area contributed by atoms with Gasteiger partial charge >= 0.3 is 0 Å². The maximum Gasteiger partial charge on any atom is -0.00903 e. The SMILES string of the molecule is CCCCCCC[CH]c1ccc(C)c(C)c1C. The first-order chi connectivity index (χ1) is 8.16. The first-order valence-corrected chi connectivity index (χ1v) is 7.06. The van der Waals surface area contributed by atoms with Gasteiger partial charge in [0.05, 0.1) is 0 Å². The molecule has 1 rings (SSSR count). The van der Waals surface area contributed by atoms with Crippen LogP contribution in [0, 0.1) is 27.2 Å². The molecule has 0 aromatic heterocycles. The van der Waals surface area contributed by atoms with Crippen molar-refractivity contribution in [1.29, 1.82) is 0 Å². The molecule has 0 spiro atoms. The van der Waals surface area contributed by atoms with E-state index in [4.69, 9.17) is 0 Å². The number of rotatable bonds is 7.